The molecule has 2 rings (SSSR count). The number of hydrogen-bond acceptors (Lipinski definition) is 3. The van der Waals surface area contributed by atoms with Gasteiger partial charge in [0.15, 0.2) is 0 Å². The van der Waals surface area contributed by atoms with Crippen molar-refractivity contribution in [2.24, 2.45) is 0 Å². The summed E-state index contributed by atoms with van der Waals surface area (Å²) in [5.41, 5.74) is 0.567. The van der Waals surface area contributed by atoms with Crippen LogP contribution in [0.1, 0.15) is 24.0 Å². The van der Waals surface area contributed by atoms with Gasteiger partial charge in [0.05, 0.1) is 13.2 Å². The highest BCUT2D eigenvalue weighted by molar-refractivity contribution is 5.66. The summed E-state index contributed by atoms with van der Waals surface area (Å²) < 4.78 is 5.30. The van der Waals surface area contributed by atoms with E-state index < -0.39 is 11.6 Å². The molecule has 0 saturated heterocycles. The SMILES string of the molecule is O=C(O)CCC1(O)COCc2ccccc21. The second-order valence-corrected chi connectivity index (χ2v) is 4.08. The summed E-state index contributed by atoms with van der Waals surface area (Å²) in [6, 6.07) is 7.45. The fourth-order valence-corrected chi connectivity index (χ4v) is 2.03. The van der Waals surface area contributed by atoms with E-state index in [4.69, 9.17) is 9.84 Å². The Bertz CT molecular complexity index is 402. The number of aliphatic carboxylic acids is 1. The third-order valence-corrected chi connectivity index (χ3v) is 2.87. The zero-order valence-corrected chi connectivity index (χ0v) is 8.85. The highest BCUT2D eigenvalue weighted by Crippen LogP contribution is 2.33. The van der Waals surface area contributed by atoms with Crippen LogP contribution >= 0.6 is 0 Å². The van der Waals surface area contributed by atoms with Crippen molar-refractivity contribution in [2.45, 2.75) is 25.0 Å². The molecule has 0 bridgehead atoms. The van der Waals surface area contributed by atoms with Crippen LogP contribution in [0, 0.1) is 0 Å². The molecule has 0 fully saturated rings. The average Bonchev–Trinajstić information content (AvgIpc) is 2.27. The van der Waals surface area contributed by atoms with Gasteiger partial charge in [0.1, 0.15) is 5.60 Å². The summed E-state index contributed by atoms with van der Waals surface area (Å²) >= 11 is 0. The highest BCUT2D eigenvalue weighted by atomic mass is 16.5. The monoisotopic (exact) mass is 222 g/mol. The summed E-state index contributed by atoms with van der Waals surface area (Å²) in [6.45, 7) is 0.642. The number of fused-ring (bicyclic) bond motifs is 1. The molecule has 1 unspecified atom stereocenters. The van der Waals surface area contributed by atoms with Crippen LogP contribution in [-0.2, 0) is 21.7 Å². The summed E-state index contributed by atoms with van der Waals surface area (Å²) in [6.07, 6.45) is 0.119. The lowest BCUT2D eigenvalue weighted by molar-refractivity contribution is -0.140. The lowest BCUT2D eigenvalue weighted by atomic mass is 9.85. The standard InChI is InChI=1S/C12H14O4/c13-11(14)5-6-12(15)8-16-7-9-3-1-2-4-10(9)12/h1-4,15H,5-8H2,(H,13,14). The van der Waals surface area contributed by atoms with Crippen LogP contribution in [0.3, 0.4) is 0 Å². The number of carboxylic acids is 1. The number of carbonyl (C=O) groups is 1. The molecule has 0 radical (unpaired) electrons. The van der Waals surface area contributed by atoms with Crippen molar-refractivity contribution >= 4 is 5.97 Å². The molecule has 0 spiro atoms. The van der Waals surface area contributed by atoms with E-state index in [1.165, 1.54) is 0 Å². The molecular formula is C12H14O4. The average molecular weight is 222 g/mol. The summed E-state index contributed by atoms with van der Waals surface area (Å²) in [4.78, 5) is 10.5. The first kappa shape index (κ1) is 11.1. The van der Waals surface area contributed by atoms with Crippen molar-refractivity contribution in [3.05, 3.63) is 35.4 Å². The molecule has 1 atom stereocenters. The van der Waals surface area contributed by atoms with Crippen LogP contribution in [0.2, 0.25) is 0 Å². The molecule has 86 valence electrons. The number of ether oxygens (including phenoxy) is 1. The summed E-state index contributed by atoms with van der Waals surface area (Å²) in [5, 5.41) is 19.0. The molecule has 1 aliphatic rings. The van der Waals surface area contributed by atoms with Gasteiger partial charge in [-0.1, -0.05) is 24.3 Å². The van der Waals surface area contributed by atoms with Crippen molar-refractivity contribution in [3.63, 3.8) is 0 Å². The lowest BCUT2D eigenvalue weighted by Gasteiger charge is -2.34. The Kier molecular flexibility index (Phi) is 2.94. The van der Waals surface area contributed by atoms with Gasteiger partial charge in [-0.05, 0) is 17.5 Å². The van der Waals surface area contributed by atoms with Gasteiger partial charge >= 0.3 is 5.97 Å². The molecule has 16 heavy (non-hydrogen) atoms. The van der Waals surface area contributed by atoms with E-state index in [1.807, 2.05) is 24.3 Å². The molecule has 1 aliphatic heterocycles. The van der Waals surface area contributed by atoms with E-state index in [9.17, 15) is 9.90 Å². The molecule has 4 heteroatoms. The third kappa shape index (κ3) is 2.08. The van der Waals surface area contributed by atoms with Crippen LogP contribution in [-0.4, -0.2) is 22.8 Å². The first-order chi connectivity index (χ1) is 7.62. The molecule has 2 N–H and O–H groups in total. The van der Waals surface area contributed by atoms with Gasteiger partial charge in [-0.3, -0.25) is 4.79 Å². The molecule has 1 heterocycles. The topological polar surface area (TPSA) is 66.8 Å². The minimum atomic E-state index is -1.16. The second-order valence-electron chi connectivity index (χ2n) is 4.08. The second kappa shape index (κ2) is 4.23. The predicted octanol–water partition coefficient (Wildman–Crippen LogP) is 1.27. The third-order valence-electron chi connectivity index (χ3n) is 2.87. The Balaban J connectivity index is 2.25. The fraction of sp³-hybridized carbons (Fsp3) is 0.417. The normalized spacial score (nSPS) is 23.8. The van der Waals surface area contributed by atoms with Crippen molar-refractivity contribution in [1.29, 1.82) is 0 Å². The number of rotatable bonds is 3. The Morgan fingerprint density at radius 3 is 2.94 bits per heavy atom. The van der Waals surface area contributed by atoms with Crippen LogP contribution in [0.4, 0.5) is 0 Å². The van der Waals surface area contributed by atoms with Crippen LogP contribution < -0.4 is 0 Å². The summed E-state index contributed by atoms with van der Waals surface area (Å²) in [5.74, 6) is -0.906. The number of hydrogen-bond donors (Lipinski definition) is 2. The van der Waals surface area contributed by atoms with E-state index in [0.717, 1.165) is 11.1 Å². The maximum absolute atomic E-state index is 10.5. The van der Waals surface area contributed by atoms with Crippen molar-refractivity contribution in [1.82, 2.24) is 0 Å². The lowest BCUT2D eigenvalue weighted by Crippen LogP contribution is -2.36. The van der Waals surface area contributed by atoms with Gasteiger partial charge in [-0.15, -0.1) is 0 Å². The van der Waals surface area contributed by atoms with E-state index in [-0.39, 0.29) is 19.4 Å². The maximum Gasteiger partial charge on any atom is 0.303 e. The van der Waals surface area contributed by atoms with Gasteiger partial charge in [0, 0.05) is 6.42 Å². The Morgan fingerprint density at radius 2 is 2.19 bits per heavy atom. The van der Waals surface area contributed by atoms with Crippen molar-refractivity contribution in [3.8, 4) is 0 Å². The maximum atomic E-state index is 10.5. The minimum Gasteiger partial charge on any atom is -0.481 e. The van der Waals surface area contributed by atoms with Gasteiger partial charge in [0.2, 0.25) is 0 Å². The van der Waals surface area contributed by atoms with Crippen molar-refractivity contribution in [2.75, 3.05) is 6.61 Å². The Labute approximate surface area is 93.5 Å². The van der Waals surface area contributed by atoms with Gasteiger partial charge in [-0.2, -0.15) is 0 Å². The first-order valence-corrected chi connectivity index (χ1v) is 5.22. The van der Waals surface area contributed by atoms with Gasteiger partial charge in [0.25, 0.3) is 0 Å². The number of aliphatic hydroxyl groups is 1. The molecule has 1 aromatic carbocycles. The molecular weight excluding hydrogens is 208 g/mol. The van der Waals surface area contributed by atoms with E-state index in [1.54, 1.807) is 0 Å². The van der Waals surface area contributed by atoms with E-state index >= 15 is 0 Å². The van der Waals surface area contributed by atoms with Crippen LogP contribution in [0.5, 0.6) is 0 Å². The Hall–Kier alpha value is -1.39. The quantitative estimate of drug-likeness (QED) is 0.808. The van der Waals surface area contributed by atoms with E-state index in [2.05, 4.69) is 0 Å². The fourth-order valence-electron chi connectivity index (χ4n) is 2.03. The molecule has 4 nitrogen and oxygen atoms in total. The van der Waals surface area contributed by atoms with Gasteiger partial charge in [-0.25, -0.2) is 0 Å². The molecule has 1 aromatic rings. The molecule has 0 saturated carbocycles. The summed E-state index contributed by atoms with van der Waals surface area (Å²) in [7, 11) is 0. The zero-order valence-electron chi connectivity index (χ0n) is 8.85. The van der Waals surface area contributed by atoms with E-state index in [0.29, 0.717) is 6.61 Å². The number of benzene rings is 1. The first-order valence-electron chi connectivity index (χ1n) is 5.22. The zero-order chi connectivity index (χ0) is 11.6. The molecule has 0 aliphatic carbocycles. The van der Waals surface area contributed by atoms with Crippen LogP contribution in [0.15, 0.2) is 24.3 Å². The van der Waals surface area contributed by atoms with Crippen LogP contribution in [0.25, 0.3) is 0 Å². The van der Waals surface area contributed by atoms with Crippen molar-refractivity contribution < 1.29 is 19.7 Å². The largest absolute Gasteiger partial charge is 0.481 e. The number of carboxylic acid groups (broad SMARTS) is 1. The molecule has 0 amide bonds. The Morgan fingerprint density at radius 1 is 1.44 bits per heavy atom. The molecule has 0 aromatic heterocycles. The smallest absolute Gasteiger partial charge is 0.303 e. The minimum absolute atomic E-state index is 0.0613. The van der Waals surface area contributed by atoms with Gasteiger partial charge < -0.3 is 14.9 Å². The predicted molar refractivity (Wildman–Crippen MR) is 56.9 cm³/mol. The highest BCUT2D eigenvalue weighted by Gasteiger charge is 2.35.